The number of aryl methyl sites for hydroxylation is 1. The van der Waals surface area contributed by atoms with Crippen LogP contribution in [-0.4, -0.2) is 21.8 Å². The maximum absolute atomic E-state index is 12.7. The maximum atomic E-state index is 12.7. The lowest BCUT2D eigenvalue weighted by molar-refractivity contribution is -0.127. The van der Waals surface area contributed by atoms with E-state index in [1.165, 1.54) is 4.57 Å². The molecule has 21 heavy (non-hydrogen) atoms. The van der Waals surface area contributed by atoms with Crippen molar-refractivity contribution in [1.29, 1.82) is 0 Å². The average Bonchev–Trinajstić information content (AvgIpc) is 2.76. The summed E-state index contributed by atoms with van der Waals surface area (Å²) in [5.74, 6) is -1.20. The first kappa shape index (κ1) is 13.7. The minimum atomic E-state index is -4.37. The number of carboxylic acids is 1. The van der Waals surface area contributed by atoms with E-state index in [2.05, 4.69) is 0 Å². The van der Waals surface area contributed by atoms with Crippen LogP contribution in [0.15, 0.2) is 30.3 Å². The van der Waals surface area contributed by atoms with E-state index in [-0.39, 0.29) is 11.3 Å². The van der Waals surface area contributed by atoms with E-state index in [4.69, 9.17) is 0 Å². The third-order valence-electron chi connectivity index (χ3n) is 3.66. The molecule has 0 aliphatic carbocycles. The Hall–Kier alpha value is -2.24. The van der Waals surface area contributed by atoms with Crippen LogP contribution < -0.4 is 0 Å². The lowest BCUT2D eigenvalue weighted by atomic mass is 9.95. The van der Waals surface area contributed by atoms with E-state index in [9.17, 15) is 23.1 Å². The van der Waals surface area contributed by atoms with Crippen molar-refractivity contribution in [2.75, 3.05) is 0 Å². The molecule has 0 bridgehead atoms. The fraction of sp³-hybridized carbons (Fsp3) is 0.267. The molecule has 1 aliphatic heterocycles. The smallest absolute Gasteiger partial charge is 0.393 e. The standard InChI is InChI=1S/C15H12F3NO2/c16-15(17,18)8-10-7-12(14(20)21)19-6-5-9-3-1-2-4-11(9)13(10)19/h1-4,7H,5-6,8H2,(H,20,21). The first-order chi connectivity index (χ1) is 9.87. The molecule has 0 atom stereocenters. The third-order valence-corrected chi connectivity index (χ3v) is 3.66. The molecule has 3 nitrogen and oxygen atoms in total. The molecular formula is C15H12F3NO2. The second kappa shape index (κ2) is 4.65. The number of aromatic nitrogens is 1. The van der Waals surface area contributed by atoms with Gasteiger partial charge in [0.05, 0.1) is 12.1 Å². The monoisotopic (exact) mass is 295 g/mol. The van der Waals surface area contributed by atoms with Gasteiger partial charge in [0.25, 0.3) is 0 Å². The summed E-state index contributed by atoms with van der Waals surface area (Å²) in [7, 11) is 0. The molecular weight excluding hydrogens is 283 g/mol. The van der Waals surface area contributed by atoms with Crippen LogP contribution in [0.25, 0.3) is 11.3 Å². The van der Waals surface area contributed by atoms with Gasteiger partial charge in [0.1, 0.15) is 5.69 Å². The van der Waals surface area contributed by atoms with Crippen molar-refractivity contribution < 1.29 is 23.1 Å². The van der Waals surface area contributed by atoms with E-state index < -0.39 is 18.6 Å². The Bertz CT molecular complexity index is 716. The van der Waals surface area contributed by atoms with Gasteiger partial charge in [-0.25, -0.2) is 4.79 Å². The number of rotatable bonds is 2. The predicted molar refractivity (Wildman–Crippen MR) is 70.3 cm³/mol. The van der Waals surface area contributed by atoms with E-state index in [1.54, 1.807) is 12.1 Å². The highest BCUT2D eigenvalue weighted by atomic mass is 19.4. The van der Waals surface area contributed by atoms with Crippen LogP contribution in [0, 0.1) is 0 Å². The molecule has 0 amide bonds. The Morgan fingerprint density at radius 3 is 2.67 bits per heavy atom. The summed E-state index contributed by atoms with van der Waals surface area (Å²) in [6.07, 6.45) is -4.88. The molecule has 0 spiro atoms. The number of carboxylic acid groups (broad SMARTS) is 1. The highest BCUT2D eigenvalue weighted by Gasteiger charge is 2.33. The fourth-order valence-corrected chi connectivity index (χ4v) is 2.89. The summed E-state index contributed by atoms with van der Waals surface area (Å²) >= 11 is 0. The second-order valence-corrected chi connectivity index (χ2v) is 5.06. The number of aromatic carboxylic acids is 1. The number of nitrogens with zero attached hydrogens (tertiary/aromatic N) is 1. The number of hydrogen-bond acceptors (Lipinski definition) is 1. The zero-order valence-corrected chi connectivity index (χ0v) is 10.9. The molecule has 2 heterocycles. The summed E-state index contributed by atoms with van der Waals surface area (Å²) in [6.45, 7) is 0.381. The van der Waals surface area contributed by atoms with Gasteiger partial charge in [0, 0.05) is 12.1 Å². The second-order valence-electron chi connectivity index (χ2n) is 5.06. The zero-order valence-electron chi connectivity index (χ0n) is 10.9. The highest BCUT2D eigenvalue weighted by Crippen LogP contribution is 2.37. The Morgan fingerprint density at radius 1 is 1.29 bits per heavy atom. The summed E-state index contributed by atoms with van der Waals surface area (Å²) in [6, 6.07) is 8.33. The lowest BCUT2D eigenvalue weighted by Gasteiger charge is -2.22. The number of carbonyl (C=O) groups is 1. The van der Waals surface area contributed by atoms with Gasteiger partial charge in [-0.1, -0.05) is 24.3 Å². The Labute approximate surface area is 118 Å². The third kappa shape index (κ3) is 2.41. The van der Waals surface area contributed by atoms with Crippen molar-refractivity contribution in [3.63, 3.8) is 0 Å². The fourth-order valence-electron chi connectivity index (χ4n) is 2.89. The number of halogens is 3. The predicted octanol–water partition coefficient (Wildman–Crippen LogP) is 3.51. The minimum Gasteiger partial charge on any atom is -0.477 e. The molecule has 1 aromatic heterocycles. The lowest BCUT2D eigenvalue weighted by Crippen LogP contribution is -2.17. The van der Waals surface area contributed by atoms with Crippen molar-refractivity contribution >= 4 is 5.97 Å². The zero-order chi connectivity index (χ0) is 15.2. The van der Waals surface area contributed by atoms with Crippen LogP contribution in [0.2, 0.25) is 0 Å². The maximum Gasteiger partial charge on any atom is 0.393 e. The SMILES string of the molecule is O=C(O)c1cc(CC(F)(F)F)c2n1CCc1ccccc1-2. The van der Waals surface area contributed by atoms with Crippen LogP contribution in [0.3, 0.4) is 0 Å². The first-order valence-corrected chi connectivity index (χ1v) is 6.47. The van der Waals surface area contributed by atoms with Crippen LogP contribution in [-0.2, 0) is 19.4 Å². The molecule has 0 fully saturated rings. The number of hydrogen-bond donors (Lipinski definition) is 1. The largest absolute Gasteiger partial charge is 0.477 e. The van der Waals surface area contributed by atoms with Gasteiger partial charge in [-0.3, -0.25) is 0 Å². The summed E-state index contributed by atoms with van der Waals surface area (Å²) in [5.41, 5.74) is 1.95. The summed E-state index contributed by atoms with van der Waals surface area (Å²) < 4.78 is 39.7. The van der Waals surface area contributed by atoms with Gasteiger partial charge < -0.3 is 9.67 Å². The normalized spacial score (nSPS) is 13.7. The molecule has 3 rings (SSSR count). The number of fused-ring (bicyclic) bond motifs is 3. The van der Waals surface area contributed by atoms with E-state index in [1.807, 2.05) is 12.1 Å². The molecule has 0 unspecified atom stereocenters. The van der Waals surface area contributed by atoms with Crippen LogP contribution in [0.5, 0.6) is 0 Å². The van der Waals surface area contributed by atoms with Crippen molar-refractivity contribution in [1.82, 2.24) is 4.57 Å². The van der Waals surface area contributed by atoms with Crippen molar-refractivity contribution in [2.24, 2.45) is 0 Å². The molecule has 6 heteroatoms. The quantitative estimate of drug-likeness (QED) is 0.921. The van der Waals surface area contributed by atoms with Gasteiger partial charge in [-0.15, -0.1) is 0 Å². The Balaban J connectivity index is 2.22. The van der Waals surface area contributed by atoms with E-state index in [0.29, 0.717) is 24.2 Å². The van der Waals surface area contributed by atoms with E-state index >= 15 is 0 Å². The molecule has 1 N–H and O–H groups in total. The van der Waals surface area contributed by atoms with Gasteiger partial charge in [-0.2, -0.15) is 13.2 Å². The minimum absolute atomic E-state index is 0.0204. The Kier molecular flexibility index (Phi) is 3.04. The average molecular weight is 295 g/mol. The molecule has 1 aromatic carbocycles. The molecule has 110 valence electrons. The van der Waals surface area contributed by atoms with Crippen molar-refractivity contribution in [3.8, 4) is 11.3 Å². The molecule has 2 aromatic rings. The topological polar surface area (TPSA) is 42.2 Å². The molecule has 0 saturated carbocycles. The first-order valence-electron chi connectivity index (χ1n) is 6.47. The molecule has 0 radical (unpaired) electrons. The van der Waals surface area contributed by atoms with Crippen LogP contribution >= 0.6 is 0 Å². The van der Waals surface area contributed by atoms with Crippen molar-refractivity contribution in [3.05, 3.63) is 47.2 Å². The number of benzene rings is 1. The highest BCUT2D eigenvalue weighted by molar-refractivity contribution is 5.89. The van der Waals surface area contributed by atoms with Gasteiger partial charge in [-0.05, 0) is 23.6 Å². The van der Waals surface area contributed by atoms with Crippen molar-refractivity contribution in [2.45, 2.75) is 25.6 Å². The number of alkyl halides is 3. The van der Waals surface area contributed by atoms with Gasteiger partial charge >= 0.3 is 12.1 Å². The summed E-state index contributed by atoms with van der Waals surface area (Å²) in [5, 5.41) is 9.20. The van der Waals surface area contributed by atoms with Gasteiger partial charge in [0.2, 0.25) is 0 Å². The van der Waals surface area contributed by atoms with Crippen LogP contribution in [0.1, 0.15) is 21.6 Å². The Morgan fingerprint density at radius 2 is 2.00 bits per heavy atom. The van der Waals surface area contributed by atoms with Gasteiger partial charge in [0.15, 0.2) is 0 Å². The van der Waals surface area contributed by atoms with E-state index in [0.717, 1.165) is 11.6 Å². The van der Waals surface area contributed by atoms with Crippen LogP contribution in [0.4, 0.5) is 13.2 Å². The molecule has 1 aliphatic rings. The molecule has 0 saturated heterocycles. The summed E-state index contributed by atoms with van der Waals surface area (Å²) in [4.78, 5) is 11.3.